The van der Waals surface area contributed by atoms with E-state index in [0.29, 0.717) is 16.7 Å². The lowest BCUT2D eigenvalue weighted by molar-refractivity contribution is 0.0387. The number of hydrogen-bond donors (Lipinski definition) is 1. The molecule has 8 heteroatoms. The Kier molecular flexibility index (Phi) is 4.18. The fourth-order valence-corrected chi connectivity index (χ4v) is 3.87. The fraction of sp³-hybridized carbons (Fsp3) is 0.0870. The van der Waals surface area contributed by atoms with Gasteiger partial charge in [-0.3, -0.25) is 14.5 Å². The van der Waals surface area contributed by atoms with Gasteiger partial charge in [-0.15, -0.1) is 0 Å². The third kappa shape index (κ3) is 2.83. The molecule has 0 aliphatic rings. The molecule has 2 aromatic carbocycles. The number of fused-ring (bicyclic) bond motifs is 3. The second kappa shape index (κ2) is 6.80. The molecule has 5 aromatic rings. The number of nitrogens with one attached hydrogen (secondary N) is 1. The highest BCUT2D eigenvalue weighted by Gasteiger charge is 2.40. The number of halogens is 3. The van der Waals surface area contributed by atoms with Gasteiger partial charge in [0.2, 0.25) is 0 Å². The average molecular weight is 420 g/mol. The van der Waals surface area contributed by atoms with Crippen LogP contribution < -0.4 is 5.56 Å². The minimum atomic E-state index is -3.60. The van der Waals surface area contributed by atoms with E-state index in [-0.39, 0.29) is 16.5 Å². The first-order chi connectivity index (χ1) is 14.9. The summed E-state index contributed by atoms with van der Waals surface area (Å²) in [7, 11) is 0. The van der Waals surface area contributed by atoms with E-state index in [9.17, 15) is 9.18 Å². The number of alkyl halides is 2. The van der Waals surface area contributed by atoms with Gasteiger partial charge in [-0.05, 0) is 55.0 Å². The summed E-state index contributed by atoms with van der Waals surface area (Å²) in [5, 5.41) is 6.64. The molecule has 0 unspecified atom stereocenters. The summed E-state index contributed by atoms with van der Waals surface area (Å²) in [6, 6.07) is 15.0. The van der Waals surface area contributed by atoms with Crippen molar-refractivity contribution in [2.24, 2.45) is 0 Å². The molecule has 0 aliphatic heterocycles. The Morgan fingerprint density at radius 3 is 2.55 bits per heavy atom. The lowest BCUT2D eigenvalue weighted by Crippen LogP contribution is -2.24. The number of H-pyrrole nitrogens is 1. The summed E-state index contributed by atoms with van der Waals surface area (Å²) in [5.74, 6) is -4.22. The Morgan fingerprint density at radius 2 is 1.81 bits per heavy atom. The molecule has 0 fully saturated rings. The number of pyridine rings is 2. The van der Waals surface area contributed by atoms with E-state index in [1.54, 1.807) is 42.5 Å². The van der Waals surface area contributed by atoms with Crippen molar-refractivity contribution >= 4 is 21.9 Å². The molecule has 0 bridgehead atoms. The van der Waals surface area contributed by atoms with Crippen molar-refractivity contribution in [1.82, 2.24) is 19.7 Å². The Balaban J connectivity index is 1.89. The van der Waals surface area contributed by atoms with Crippen LogP contribution >= 0.6 is 0 Å². The predicted octanol–water partition coefficient (Wildman–Crippen LogP) is 4.85. The van der Waals surface area contributed by atoms with E-state index in [1.807, 2.05) is 0 Å². The number of aryl methyl sites for hydroxylation is 1. The number of nitrogens with zero attached hydrogens (tertiary/aromatic N) is 3. The molecule has 3 heterocycles. The van der Waals surface area contributed by atoms with E-state index in [4.69, 9.17) is 0 Å². The first-order valence-electron chi connectivity index (χ1n) is 9.47. The van der Waals surface area contributed by atoms with Gasteiger partial charge in [-0.2, -0.15) is 13.9 Å². The van der Waals surface area contributed by atoms with Gasteiger partial charge in [0.25, 0.3) is 5.56 Å². The van der Waals surface area contributed by atoms with Crippen molar-refractivity contribution in [2.75, 3.05) is 0 Å². The highest BCUT2D eigenvalue weighted by molar-refractivity contribution is 6.03. The molecule has 31 heavy (non-hydrogen) atoms. The quantitative estimate of drug-likeness (QED) is 0.454. The number of rotatable bonds is 3. The van der Waals surface area contributed by atoms with Gasteiger partial charge in [0.1, 0.15) is 22.7 Å². The molecule has 0 saturated heterocycles. The molecule has 0 spiro atoms. The summed E-state index contributed by atoms with van der Waals surface area (Å²) in [6.45, 7) is 1.40. The molecule has 0 saturated carbocycles. The van der Waals surface area contributed by atoms with Crippen LogP contribution in [0, 0.1) is 12.7 Å². The molecule has 5 nitrogen and oxygen atoms in total. The third-order valence-corrected chi connectivity index (χ3v) is 5.29. The second-order valence-electron chi connectivity index (χ2n) is 7.21. The van der Waals surface area contributed by atoms with Crippen molar-refractivity contribution in [3.8, 4) is 5.69 Å². The van der Waals surface area contributed by atoms with Gasteiger partial charge in [0, 0.05) is 17.1 Å². The van der Waals surface area contributed by atoms with Crippen LogP contribution in [0.1, 0.15) is 16.8 Å². The summed E-state index contributed by atoms with van der Waals surface area (Å²) >= 11 is 0. The molecule has 5 rings (SSSR count). The lowest BCUT2D eigenvalue weighted by atomic mass is 9.98. The zero-order chi connectivity index (χ0) is 21.8. The molecular weight excluding hydrogens is 405 g/mol. The zero-order valence-corrected chi connectivity index (χ0v) is 16.2. The first kappa shape index (κ1) is 19.0. The minimum absolute atomic E-state index is 0.0681. The molecule has 154 valence electrons. The molecule has 1 N–H and O–H groups in total. The van der Waals surface area contributed by atoms with Crippen LogP contribution in [0.2, 0.25) is 0 Å². The summed E-state index contributed by atoms with van der Waals surface area (Å²) in [6.07, 6.45) is 1.52. The van der Waals surface area contributed by atoms with Gasteiger partial charge in [-0.25, -0.2) is 9.37 Å². The Labute approximate surface area is 173 Å². The average Bonchev–Trinajstić information content (AvgIpc) is 3.21. The van der Waals surface area contributed by atoms with Crippen molar-refractivity contribution < 1.29 is 13.2 Å². The molecular formula is C23H15F3N4O. The molecule has 0 radical (unpaired) electrons. The Hall–Kier alpha value is -3.94. The number of aromatic amines is 1. The van der Waals surface area contributed by atoms with Crippen LogP contribution in [-0.2, 0) is 5.92 Å². The molecule has 0 atom stereocenters. The van der Waals surface area contributed by atoms with E-state index in [2.05, 4.69) is 15.2 Å². The number of benzene rings is 2. The smallest absolute Gasteiger partial charge is 0.275 e. The lowest BCUT2D eigenvalue weighted by Gasteiger charge is -2.18. The Morgan fingerprint density at radius 1 is 1.03 bits per heavy atom. The maximum atomic E-state index is 15.6. The molecule has 0 aliphatic carbocycles. The zero-order valence-electron chi connectivity index (χ0n) is 16.2. The fourth-order valence-electron chi connectivity index (χ4n) is 3.87. The standard InChI is InChI=1S/C23H15F3N4O/c1-13-12-14(24)9-10-17(13)23(25,26)20-18-19(28-29-20)16-8-5-11-27-21(16)30(22(18)31)15-6-3-2-4-7-15/h2-12H,1H3,(H,28,29). The van der Waals surface area contributed by atoms with Crippen LogP contribution in [0.4, 0.5) is 13.2 Å². The van der Waals surface area contributed by atoms with E-state index < -0.39 is 28.6 Å². The van der Waals surface area contributed by atoms with Crippen LogP contribution in [0.5, 0.6) is 0 Å². The number of aromatic nitrogens is 4. The van der Waals surface area contributed by atoms with Crippen LogP contribution in [0.15, 0.2) is 71.7 Å². The highest BCUT2D eigenvalue weighted by Crippen LogP contribution is 2.40. The second-order valence-corrected chi connectivity index (χ2v) is 7.21. The van der Waals surface area contributed by atoms with Crippen molar-refractivity contribution in [3.05, 3.63) is 99.9 Å². The first-order valence-corrected chi connectivity index (χ1v) is 9.47. The van der Waals surface area contributed by atoms with Crippen molar-refractivity contribution in [2.45, 2.75) is 12.8 Å². The SMILES string of the molecule is Cc1cc(F)ccc1C(F)(F)c1[nH]nc2c1c(=O)n(-c1ccccc1)c1ncccc21. The Bertz CT molecular complexity index is 1510. The van der Waals surface area contributed by atoms with Gasteiger partial charge < -0.3 is 0 Å². The summed E-state index contributed by atoms with van der Waals surface area (Å²) in [5.41, 5.74) is -0.741. The van der Waals surface area contributed by atoms with Gasteiger partial charge in [0.05, 0.1) is 11.1 Å². The number of para-hydroxylation sites is 1. The highest BCUT2D eigenvalue weighted by atomic mass is 19.3. The van der Waals surface area contributed by atoms with Gasteiger partial charge in [-0.1, -0.05) is 18.2 Å². The normalized spacial score (nSPS) is 12.0. The van der Waals surface area contributed by atoms with Crippen molar-refractivity contribution in [1.29, 1.82) is 0 Å². The van der Waals surface area contributed by atoms with Crippen LogP contribution in [0.25, 0.3) is 27.6 Å². The van der Waals surface area contributed by atoms with E-state index in [0.717, 1.165) is 18.2 Å². The minimum Gasteiger partial charge on any atom is -0.275 e. The molecule has 0 amide bonds. The van der Waals surface area contributed by atoms with Crippen molar-refractivity contribution in [3.63, 3.8) is 0 Å². The van der Waals surface area contributed by atoms with Gasteiger partial charge >= 0.3 is 5.92 Å². The van der Waals surface area contributed by atoms with Crippen LogP contribution in [0.3, 0.4) is 0 Å². The van der Waals surface area contributed by atoms with E-state index in [1.165, 1.54) is 17.7 Å². The summed E-state index contributed by atoms with van der Waals surface area (Å²) < 4.78 is 46.0. The van der Waals surface area contributed by atoms with Gasteiger partial charge in [0.15, 0.2) is 0 Å². The van der Waals surface area contributed by atoms with Crippen LogP contribution in [-0.4, -0.2) is 19.7 Å². The summed E-state index contributed by atoms with van der Waals surface area (Å²) in [4.78, 5) is 17.8. The van der Waals surface area contributed by atoms with E-state index >= 15 is 8.78 Å². The molecule has 3 aromatic heterocycles. The third-order valence-electron chi connectivity index (χ3n) is 5.29. The largest absolute Gasteiger partial charge is 0.315 e. The topological polar surface area (TPSA) is 63.6 Å². The number of hydrogen-bond acceptors (Lipinski definition) is 3. The maximum absolute atomic E-state index is 15.6. The predicted molar refractivity (Wildman–Crippen MR) is 111 cm³/mol. The maximum Gasteiger partial charge on any atom is 0.315 e. The monoisotopic (exact) mass is 420 g/mol.